The van der Waals surface area contributed by atoms with Crippen LogP contribution in [0, 0.1) is 0 Å². The van der Waals surface area contributed by atoms with Gasteiger partial charge in [0.25, 0.3) is 0 Å². The molecule has 0 heterocycles. The van der Waals surface area contributed by atoms with E-state index in [1.165, 1.54) is 5.56 Å². The normalized spacial score (nSPS) is 10.1. The van der Waals surface area contributed by atoms with Gasteiger partial charge in [-0.05, 0) is 67.5 Å². The maximum atomic E-state index is 11.2. The number of anilines is 1. The van der Waals surface area contributed by atoms with E-state index in [1.54, 1.807) is 19.1 Å². The summed E-state index contributed by atoms with van der Waals surface area (Å²) in [6, 6.07) is 15.0. The first-order valence-electron chi connectivity index (χ1n) is 6.95. The Balaban J connectivity index is 1.77. The van der Waals surface area contributed by atoms with Gasteiger partial charge in [-0.2, -0.15) is 0 Å². The SMILES string of the molecule is CC(=O)c1ccc(NC(=S)NCCc2ccc(Cl)cc2)cc1. The molecule has 0 saturated carbocycles. The summed E-state index contributed by atoms with van der Waals surface area (Å²) in [5.41, 5.74) is 2.74. The molecule has 0 aliphatic heterocycles. The lowest BCUT2D eigenvalue weighted by Crippen LogP contribution is -2.30. The lowest BCUT2D eigenvalue weighted by Gasteiger charge is -2.11. The summed E-state index contributed by atoms with van der Waals surface area (Å²) in [7, 11) is 0. The molecule has 0 aliphatic carbocycles. The van der Waals surface area contributed by atoms with Crippen LogP contribution in [0.3, 0.4) is 0 Å². The van der Waals surface area contributed by atoms with Crippen molar-refractivity contribution in [3.63, 3.8) is 0 Å². The largest absolute Gasteiger partial charge is 0.362 e. The van der Waals surface area contributed by atoms with Crippen LogP contribution in [0.4, 0.5) is 5.69 Å². The van der Waals surface area contributed by atoms with E-state index < -0.39 is 0 Å². The van der Waals surface area contributed by atoms with Gasteiger partial charge in [0.2, 0.25) is 0 Å². The number of thiocarbonyl (C=S) groups is 1. The molecule has 0 spiro atoms. The Morgan fingerprint density at radius 3 is 2.32 bits per heavy atom. The number of hydrogen-bond acceptors (Lipinski definition) is 2. The van der Waals surface area contributed by atoms with Gasteiger partial charge < -0.3 is 10.6 Å². The molecular weight excluding hydrogens is 316 g/mol. The monoisotopic (exact) mass is 332 g/mol. The van der Waals surface area contributed by atoms with Crippen LogP contribution in [-0.2, 0) is 6.42 Å². The van der Waals surface area contributed by atoms with E-state index in [0.29, 0.717) is 10.7 Å². The molecule has 0 aliphatic rings. The molecule has 0 fully saturated rings. The van der Waals surface area contributed by atoms with E-state index in [-0.39, 0.29) is 5.78 Å². The highest BCUT2D eigenvalue weighted by molar-refractivity contribution is 7.80. The van der Waals surface area contributed by atoms with E-state index in [0.717, 1.165) is 23.7 Å². The van der Waals surface area contributed by atoms with Gasteiger partial charge in [-0.1, -0.05) is 23.7 Å². The van der Waals surface area contributed by atoms with Gasteiger partial charge >= 0.3 is 0 Å². The van der Waals surface area contributed by atoms with Crippen LogP contribution in [0.25, 0.3) is 0 Å². The third-order valence-electron chi connectivity index (χ3n) is 3.16. The minimum Gasteiger partial charge on any atom is -0.362 e. The summed E-state index contributed by atoms with van der Waals surface area (Å²) in [6.45, 7) is 2.28. The van der Waals surface area contributed by atoms with Crippen LogP contribution in [-0.4, -0.2) is 17.4 Å². The third-order valence-corrected chi connectivity index (χ3v) is 3.66. The minimum atomic E-state index is 0.0511. The predicted molar refractivity (Wildman–Crippen MR) is 95.8 cm³/mol. The first kappa shape index (κ1) is 16.5. The van der Waals surface area contributed by atoms with Crippen molar-refractivity contribution >= 4 is 40.4 Å². The Labute approximate surface area is 140 Å². The van der Waals surface area contributed by atoms with Crippen molar-refractivity contribution in [1.82, 2.24) is 5.32 Å². The molecule has 0 amide bonds. The number of halogens is 1. The fourth-order valence-electron chi connectivity index (χ4n) is 1.93. The van der Waals surface area contributed by atoms with Crippen LogP contribution in [0.1, 0.15) is 22.8 Å². The molecule has 0 radical (unpaired) electrons. The maximum Gasteiger partial charge on any atom is 0.170 e. The molecule has 0 unspecified atom stereocenters. The second kappa shape index (κ2) is 7.92. The van der Waals surface area contributed by atoms with E-state index in [9.17, 15) is 4.79 Å². The zero-order valence-corrected chi connectivity index (χ0v) is 13.8. The molecule has 22 heavy (non-hydrogen) atoms. The van der Waals surface area contributed by atoms with Crippen LogP contribution in [0.15, 0.2) is 48.5 Å². The van der Waals surface area contributed by atoms with Gasteiger partial charge in [0.15, 0.2) is 10.9 Å². The topological polar surface area (TPSA) is 41.1 Å². The summed E-state index contributed by atoms with van der Waals surface area (Å²) in [5, 5.41) is 7.54. The first-order chi connectivity index (χ1) is 10.5. The molecule has 2 aromatic rings. The van der Waals surface area contributed by atoms with Gasteiger partial charge in [-0.25, -0.2) is 0 Å². The lowest BCUT2D eigenvalue weighted by molar-refractivity contribution is 0.101. The average molecular weight is 333 g/mol. The standard InChI is InChI=1S/C17H17ClN2OS/c1-12(21)14-4-8-16(9-5-14)20-17(22)19-11-10-13-2-6-15(18)7-3-13/h2-9H,10-11H2,1H3,(H2,19,20,22). The number of ketones is 1. The second-order valence-electron chi connectivity index (χ2n) is 4.89. The van der Waals surface area contributed by atoms with Gasteiger partial charge in [0.05, 0.1) is 0 Å². The Hall–Kier alpha value is -1.91. The van der Waals surface area contributed by atoms with Gasteiger partial charge in [0.1, 0.15) is 0 Å². The Bertz CT molecular complexity index is 653. The van der Waals surface area contributed by atoms with Crippen molar-refractivity contribution in [2.75, 3.05) is 11.9 Å². The number of Topliss-reactive ketones (excluding diaryl/α,β-unsaturated/α-hetero) is 1. The molecule has 5 heteroatoms. The molecule has 0 aromatic heterocycles. The summed E-state index contributed by atoms with van der Waals surface area (Å²) in [4.78, 5) is 11.2. The van der Waals surface area contributed by atoms with E-state index in [1.807, 2.05) is 36.4 Å². The quantitative estimate of drug-likeness (QED) is 0.639. The fraction of sp³-hybridized carbons (Fsp3) is 0.176. The Morgan fingerprint density at radius 1 is 1.09 bits per heavy atom. The zero-order chi connectivity index (χ0) is 15.9. The Kier molecular flexibility index (Phi) is 5.92. The van der Waals surface area contributed by atoms with Crippen molar-refractivity contribution in [1.29, 1.82) is 0 Å². The number of rotatable bonds is 5. The summed E-state index contributed by atoms with van der Waals surface area (Å²) >= 11 is 11.1. The molecular formula is C17H17ClN2OS. The number of carbonyl (C=O) groups is 1. The van der Waals surface area contributed by atoms with Crippen LogP contribution >= 0.6 is 23.8 Å². The maximum absolute atomic E-state index is 11.2. The number of benzene rings is 2. The fourth-order valence-corrected chi connectivity index (χ4v) is 2.28. The van der Waals surface area contributed by atoms with Crippen molar-refractivity contribution in [2.24, 2.45) is 0 Å². The van der Waals surface area contributed by atoms with Crippen LogP contribution < -0.4 is 10.6 Å². The summed E-state index contributed by atoms with van der Waals surface area (Å²) in [5.74, 6) is 0.0511. The average Bonchev–Trinajstić information content (AvgIpc) is 2.50. The summed E-state index contributed by atoms with van der Waals surface area (Å²) in [6.07, 6.45) is 0.863. The molecule has 2 N–H and O–H groups in total. The number of nitrogens with one attached hydrogen (secondary N) is 2. The second-order valence-corrected chi connectivity index (χ2v) is 5.74. The number of carbonyl (C=O) groups excluding carboxylic acids is 1. The van der Waals surface area contributed by atoms with Gasteiger partial charge in [-0.15, -0.1) is 0 Å². The lowest BCUT2D eigenvalue weighted by atomic mass is 10.1. The highest BCUT2D eigenvalue weighted by Crippen LogP contribution is 2.11. The molecule has 114 valence electrons. The van der Waals surface area contributed by atoms with E-state index >= 15 is 0 Å². The summed E-state index contributed by atoms with van der Waals surface area (Å²) < 4.78 is 0. The molecule has 0 atom stereocenters. The predicted octanol–water partition coefficient (Wildman–Crippen LogP) is 4.07. The molecule has 2 aromatic carbocycles. The minimum absolute atomic E-state index is 0.0511. The van der Waals surface area contributed by atoms with Gasteiger partial charge in [-0.3, -0.25) is 4.79 Å². The van der Waals surface area contributed by atoms with Crippen LogP contribution in [0.5, 0.6) is 0 Å². The van der Waals surface area contributed by atoms with Crippen molar-refractivity contribution in [3.8, 4) is 0 Å². The van der Waals surface area contributed by atoms with E-state index in [4.69, 9.17) is 23.8 Å². The van der Waals surface area contributed by atoms with E-state index in [2.05, 4.69) is 10.6 Å². The number of hydrogen-bond donors (Lipinski definition) is 2. The van der Waals surface area contributed by atoms with Gasteiger partial charge in [0, 0.05) is 22.8 Å². The van der Waals surface area contributed by atoms with Crippen molar-refractivity contribution < 1.29 is 4.79 Å². The van der Waals surface area contributed by atoms with Crippen LogP contribution in [0.2, 0.25) is 5.02 Å². The smallest absolute Gasteiger partial charge is 0.170 e. The third kappa shape index (κ3) is 5.13. The molecule has 0 bridgehead atoms. The first-order valence-corrected chi connectivity index (χ1v) is 7.73. The highest BCUT2D eigenvalue weighted by atomic mass is 35.5. The zero-order valence-electron chi connectivity index (χ0n) is 12.2. The highest BCUT2D eigenvalue weighted by Gasteiger charge is 2.01. The molecule has 3 nitrogen and oxygen atoms in total. The molecule has 2 rings (SSSR count). The van der Waals surface area contributed by atoms with Crippen molar-refractivity contribution in [3.05, 3.63) is 64.7 Å². The van der Waals surface area contributed by atoms with Crippen molar-refractivity contribution in [2.45, 2.75) is 13.3 Å². The Morgan fingerprint density at radius 2 is 1.73 bits per heavy atom. The molecule has 0 saturated heterocycles.